The fourth-order valence-electron chi connectivity index (χ4n) is 1.96. The highest BCUT2D eigenvalue weighted by molar-refractivity contribution is 5.93. The molecule has 2 rings (SSSR count). The molecule has 2 heterocycles. The van der Waals surface area contributed by atoms with Crippen molar-refractivity contribution in [1.29, 1.82) is 0 Å². The van der Waals surface area contributed by atoms with Crippen molar-refractivity contribution in [3.8, 4) is 0 Å². The molecule has 1 saturated heterocycles. The van der Waals surface area contributed by atoms with Crippen molar-refractivity contribution in [2.45, 2.75) is 26.8 Å². The Kier molecular flexibility index (Phi) is 4.31. The second-order valence-corrected chi connectivity index (χ2v) is 4.89. The summed E-state index contributed by atoms with van der Waals surface area (Å²) in [5, 5.41) is 2.84. The van der Waals surface area contributed by atoms with Gasteiger partial charge in [0.2, 0.25) is 0 Å². The number of carbonyl (C=O) groups is 1. The number of nitrogens with zero attached hydrogens (tertiary/aromatic N) is 3. The molecule has 19 heavy (non-hydrogen) atoms. The number of ether oxygens (including phenoxy) is 1. The first-order chi connectivity index (χ1) is 9.06. The number of aryl methyl sites for hydroxylation is 1. The number of morpholine rings is 1. The van der Waals surface area contributed by atoms with Gasteiger partial charge in [0.15, 0.2) is 0 Å². The Hall–Kier alpha value is -1.69. The summed E-state index contributed by atoms with van der Waals surface area (Å²) >= 11 is 0. The van der Waals surface area contributed by atoms with Crippen molar-refractivity contribution in [3.63, 3.8) is 0 Å². The van der Waals surface area contributed by atoms with E-state index in [1.54, 1.807) is 13.0 Å². The van der Waals surface area contributed by atoms with E-state index in [2.05, 4.69) is 20.2 Å². The van der Waals surface area contributed by atoms with E-state index in [9.17, 15) is 4.79 Å². The van der Waals surface area contributed by atoms with Crippen LogP contribution in [0.15, 0.2) is 6.07 Å². The molecule has 104 valence electrons. The van der Waals surface area contributed by atoms with Crippen molar-refractivity contribution >= 4 is 11.7 Å². The van der Waals surface area contributed by atoms with Crippen LogP contribution in [0.1, 0.15) is 30.2 Å². The van der Waals surface area contributed by atoms with Gasteiger partial charge in [0.1, 0.15) is 17.3 Å². The summed E-state index contributed by atoms with van der Waals surface area (Å²) in [6.07, 6.45) is 0. The summed E-state index contributed by atoms with van der Waals surface area (Å²) in [6.45, 7) is 8.62. The number of amides is 1. The zero-order chi connectivity index (χ0) is 13.8. The molecule has 1 aromatic rings. The Morgan fingerprint density at radius 1 is 1.37 bits per heavy atom. The minimum absolute atomic E-state index is 0.0922. The predicted octanol–water partition coefficient (Wildman–Crippen LogP) is 0.760. The number of rotatable bonds is 3. The largest absolute Gasteiger partial charge is 0.378 e. The fourth-order valence-corrected chi connectivity index (χ4v) is 1.96. The molecule has 1 aliphatic heterocycles. The first-order valence-corrected chi connectivity index (χ1v) is 6.55. The normalized spacial score (nSPS) is 15.7. The first kappa shape index (κ1) is 13.7. The summed E-state index contributed by atoms with van der Waals surface area (Å²) in [4.78, 5) is 22.7. The molecular weight excluding hydrogens is 244 g/mol. The summed E-state index contributed by atoms with van der Waals surface area (Å²) in [5.74, 6) is 1.25. The number of hydrogen-bond acceptors (Lipinski definition) is 5. The van der Waals surface area contributed by atoms with Crippen molar-refractivity contribution in [3.05, 3.63) is 17.6 Å². The van der Waals surface area contributed by atoms with E-state index in [1.807, 2.05) is 13.8 Å². The Bertz CT molecular complexity index is 456. The van der Waals surface area contributed by atoms with E-state index in [4.69, 9.17) is 4.74 Å². The molecule has 0 bridgehead atoms. The summed E-state index contributed by atoms with van der Waals surface area (Å²) in [6, 6.07) is 1.84. The van der Waals surface area contributed by atoms with Gasteiger partial charge in [0, 0.05) is 25.2 Å². The van der Waals surface area contributed by atoms with Gasteiger partial charge >= 0.3 is 0 Å². The van der Waals surface area contributed by atoms with Gasteiger partial charge in [-0.1, -0.05) is 0 Å². The molecule has 1 amide bonds. The molecule has 1 aliphatic rings. The van der Waals surface area contributed by atoms with E-state index in [0.717, 1.165) is 18.9 Å². The van der Waals surface area contributed by atoms with Crippen LogP contribution in [0.5, 0.6) is 0 Å². The maximum Gasteiger partial charge on any atom is 0.270 e. The highest BCUT2D eigenvalue weighted by Gasteiger charge is 2.17. The van der Waals surface area contributed by atoms with E-state index < -0.39 is 0 Å². The maximum atomic E-state index is 12.0. The van der Waals surface area contributed by atoms with Crippen molar-refractivity contribution in [2.24, 2.45) is 0 Å². The maximum absolute atomic E-state index is 12.0. The highest BCUT2D eigenvalue weighted by Crippen LogP contribution is 2.14. The lowest BCUT2D eigenvalue weighted by molar-refractivity contribution is 0.0937. The third-order valence-corrected chi connectivity index (χ3v) is 2.81. The Morgan fingerprint density at radius 2 is 2.05 bits per heavy atom. The van der Waals surface area contributed by atoms with Gasteiger partial charge in [-0.05, 0) is 20.8 Å². The molecule has 0 unspecified atom stereocenters. The zero-order valence-electron chi connectivity index (χ0n) is 11.6. The van der Waals surface area contributed by atoms with Gasteiger partial charge in [-0.3, -0.25) is 4.79 Å². The van der Waals surface area contributed by atoms with E-state index in [0.29, 0.717) is 24.7 Å². The number of aromatic nitrogens is 2. The van der Waals surface area contributed by atoms with Gasteiger partial charge in [0.05, 0.1) is 13.2 Å². The number of nitrogens with one attached hydrogen (secondary N) is 1. The van der Waals surface area contributed by atoms with Gasteiger partial charge in [-0.25, -0.2) is 9.97 Å². The van der Waals surface area contributed by atoms with Gasteiger partial charge in [-0.2, -0.15) is 0 Å². The van der Waals surface area contributed by atoms with Crippen LogP contribution in [-0.2, 0) is 4.74 Å². The summed E-state index contributed by atoms with van der Waals surface area (Å²) in [5.41, 5.74) is 0.419. The lowest BCUT2D eigenvalue weighted by Gasteiger charge is -2.28. The molecule has 6 heteroatoms. The molecule has 0 aromatic carbocycles. The van der Waals surface area contributed by atoms with E-state index in [1.165, 1.54) is 0 Å². The number of hydrogen-bond donors (Lipinski definition) is 1. The van der Waals surface area contributed by atoms with Crippen LogP contribution in [0.2, 0.25) is 0 Å². The van der Waals surface area contributed by atoms with Crippen molar-refractivity contribution < 1.29 is 9.53 Å². The first-order valence-electron chi connectivity index (χ1n) is 6.55. The topological polar surface area (TPSA) is 67.4 Å². The zero-order valence-corrected chi connectivity index (χ0v) is 11.6. The SMILES string of the molecule is Cc1nc(C(=O)NC(C)C)cc(N2CCOCC2)n1. The Morgan fingerprint density at radius 3 is 2.68 bits per heavy atom. The number of anilines is 1. The highest BCUT2D eigenvalue weighted by atomic mass is 16.5. The lowest BCUT2D eigenvalue weighted by Crippen LogP contribution is -2.37. The average molecular weight is 264 g/mol. The smallest absolute Gasteiger partial charge is 0.270 e. The van der Waals surface area contributed by atoms with Crippen LogP contribution < -0.4 is 10.2 Å². The van der Waals surface area contributed by atoms with Gasteiger partial charge < -0.3 is 15.0 Å². The predicted molar refractivity (Wildman–Crippen MR) is 72.4 cm³/mol. The minimum atomic E-state index is -0.157. The van der Waals surface area contributed by atoms with Crippen LogP contribution in [0.3, 0.4) is 0 Å². The molecule has 1 aromatic heterocycles. The molecule has 0 atom stereocenters. The van der Waals surface area contributed by atoms with E-state index >= 15 is 0 Å². The van der Waals surface area contributed by atoms with Crippen LogP contribution >= 0.6 is 0 Å². The van der Waals surface area contributed by atoms with Crippen LogP contribution in [0.25, 0.3) is 0 Å². The van der Waals surface area contributed by atoms with Crippen LogP contribution in [-0.4, -0.2) is 48.2 Å². The van der Waals surface area contributed by atoms with Crippen molar-refractivity contribution in [1.82, 2.24) is 15.3 Å². The molecule has 0 saturated carbocycles. The molecule has 1 N–H and O–H groups in total. The standard InChI is InChI=1S/C13H20N4O2/c1-9(2)14-13(18)11-8-12(16-10(3)15-11)17-4-6-19-7-5-17/h8-9H,4-7H2,1-3H3,(H,14,18). The third kappa shape index (κ3) is 3.64. The molecular formula is C13H20N4O2. The molecule has 0 radical (unpaired) electrons. The molecule has 6 nitrogen and oxygen atoms in total. The second-order valence-electron chi connectivity index (χ2n) is 4.89. The monoisotopic (exact) mass is 264 g/mol. The fraction of sp³-hybridized carbons (Fsp3) is 0.615. The van der Waals surface area contributed by atoms with Crippen molar-refractivity contribution in [2.75, 3.05) is 31.2 Å². The Labute approximate surface area is 113 Å². The average Bonchev–Trinajstić information content (AvgIpc) is 2.38. The van der Waals surface area contributed by atoms with Gasteiger partial charge in [-0.15, -0.1) is 0 Å². The summed E-state index contributed by atoms with van der Waals surface area (Å²) < 4.78 is 5.32. The van der Waals surface area contributed by atoms with E-state index in [-0.39, 0.29) is 11.9 Å². The van der Waals surface area contributed by atoms with Gasteiger partial charge in [0.25, 0.3) is 5.91 Å². The van der Waals surface area contributed by atoms with Crippen LogP contribution in [0, 0.1) is 6.92 Å². The molecule has 1 fully saturated rings. The van der Waals surface area contributed by atoms with Crippen LogP contribution in [0.4, 0.5) is 5.82 Å². The second kappa shape index (κ2) is 5.97. The molecule has 0 aliphatic carbocycles. The molecule has 0 spiro atoms. The minimum Gasteiger partial charge on any atom is -0.378 e. The Balaban J connectivity index is 2.21. The lowest BCUT2D eigenvalue weighted by atomic mass is 10.3. The quantitative estimate of drug-likeness (QED) is 0.873. The third-order valence-electron chi connectivity index (χ3n) is 2.81. The summed E-state index contributed by atoms with van der Waals surface area (Å²) in [7, 11) is 0. The number of carbonyl (C=O) groups excluding carboxylic acids is 1.